The fraction of sp³-hybridized carbons (Fsp3) is 0. The van der Waals surface area contributed by atoms with E-state index in [2.05, 4.69) is 0 Å². The van der Waals surface area contributed by atoms with Crippen molar-refractivity contribution in [2.24, 2.45) is 0 Å². The van der Waals surface area contributed by atoms with Crippen LogP contribution in [0.15, 0.2) is 58.3 Å². The molecule has 0 aliphatic carbocycles. The molecule has 0 saturated heterocycles. The molecule has 0 amide bonds. The Morgan fingerprint density at radius 2 is 1.06 bits per heavy atom. The predicted octanol–water partition coefficient (Wildman–Crippen LogP) is 2.02. The van der Waals surface area contributed by atoms with Crippen molar-refractivity contribution in [2.75, 3.05) is 11.5 Å². The Balaban J connectivity index is 2.50. The highest BCUT2D eigenvalue weighted by Crippen LogP contribution is 2.22. The van der Waals surface area contributed by atoms with Gasteiger partial charge in [0.25, 0.3) is 0 Å². The SMILES string of the molecule is Nc1ccc(S(=O)(=S)c2ccc(N)cc2)cc1. The summed E-state index contributed by atoms with van der Waals surface area (Å²) in [6.07, 6.45) is 0. The van der Waals surface area contributed by atoms with Crippen LogP contribution in [0.1, 0.15) is 0 Å². The molecule has 0 bridgehead atoms. The predicted molar refractivity (Wildman–Crippen MR) is 73.7 cm³/mol. The largest absolute Gasteiger partial charge is 0.399 e. The molecule has 2 aromatic rings. The molecule has 0 spiro atoms. The highest BCUT2D eigenvalue weighted by molar-refractivity contribution is 8.33. The molecule has 17 heavy (non-hydrogen) atoms. The molecule has 5 heteroatoms. The van der Waals surface area contributed by atoms with E-state index in [1.54, 1.807) is 48.5 Å². The fourth-order valence-electron chi connectivity index (χ4n) is 1.43. The third kappa shape index (κ3) is 2.40. The van der Waals surface area contributed by atoms with E-state index in [0.717, 1.165) is 0 Å². The van der Waals surface area contributed by atoms with Gasteiger partial charge >= 0.3 is 0 Å². The number of nitrogens with two attached hydrogens (primary N) is 2. The Labute approximate surface area is 105 Å². The van der Waals surface area contributed by atoms with Gasteiger partial charge in [0, 0.05) is 21.2 Å². The lowest BCUT2D eigenvalue weighted by atomic mass is 10.3. The minimum Gasteiger partial charge on any atom is -0.399 e. The molecule has 0 saturated carbocycles. The number of hydrogen-bond acceptors (Lipinski definition) is 4. The van der Waals surface area contributed by atoms with Crippen LogP contribution in [0.25, 0.3) is 0 Å². The summed E-state index contributed by atoms with van der Waals surface area (Å²) < 4.78 is 12.5. The molecule has 0 unspecified atom stereocenters. The summed E-state index contributed by atoms with van der Waals surface area (Å²) in [4.78, 5) is 1.18. The van der Waals surface area contributed by atoms with E-state index in [4.69, 9.17) is 22.7 Å². The van der Waals surface area contributed by atoms with Gasteiger partial charge in [-0.15, -0.1) is 0 Å². The van der Waals surface area contributed by atoms with E-state index in [9.17, 15) is 4.21 Å². The van der Waals surface area contributed by atoms with Gasteiger partial charge in [-0.25, -0.2) is 4.21 Å². The summed E-state index contributed by atoms with van der Waals surface area (Å²) in [5, 5.41) is 0. The number of benzene rings is 2. The van der Waals surface area contributed by atoms with Gasteiger partial charge in [-0.05, 0) is 59.7 Å². The van der Waals surface area contributed by atoms with E-state index >= 15 is 0 Å². The molecular weight excluding hydrogens is 252 g/mol. The average Bonchev–Trinajstić information content (AvgIpc) is 2.30. The average molecular weight is 264 g/mol. The molecule has 0 aliphatic rings. The van der Waals surface area contributed by atoms with Crippen LogP contribution in [0.4, 0.5) is 11.4 Å². The maximum atomic E-state index is 12.5. The van der Waals surface area contributed by atoms with E-state index in [-0.39, 0.29) is 0 Å². The topological polar surface area (TPSA) is 69.1 Å². The van der Waals surface area contributed by atoms with Crippen LogP contribution in [0.5, 0.6) is 0 Å². The van der Waals surface area contributed by atoms with E-state index in [1.165, 1.54) is 0 Å². The van der Waals surface area contributed by atoms with Crippen molar-refractivity contribution in [1.29, 1.82) is 0 Å². The summed E-state index contributed by atoms with van der Waals surface area (Å²) in [6.45, 7) is 0. The van der Waals surface area contributed by atoms with Crippen molar-refractivity contribution >= 4 is 31.1 Å². The standard InChI is InChI=1S/C12H12N2OS2/c13-9-1-5-11(6-2-9)17(15,16)12-7-3-10(14)4-8-12/h1-8H,13-14H2. The normalized spacial score (nSPS) is 11.3. The summed E-state index contributed by atoms with van der Waals surface area (Å²) in [5.74, 6) is 0. The van der Waals surface area contributed by atoms with Gasteiger partial charge in [-0.1, -0.05) is 0 Å². The smallest absolute Gasteiger partial charge is 0.0870 e. The zero-order valence-electron chi connectivity index (χ0n) is 9.00. The lowest BCUT2D eigenvalue weighted by Gasteiger charge is -2.08. The molecule has 0 fully saturated rings. The van der Waals surface area contributed by atoms with Crippen LogP contribution >= 0.6 is 0 Å². The van der Waals surface area contributed by atoms with Crippen molar-refractivity contribution in [3.05, 3.63) is 48.5 Å². The van der Waals surface area contributed by atoms with Crippen LogP contribution in [0.3, 0.4) is 0 Å². The second kappa shape index (κ2) is 4.35. The van der Waals surface area contributed by atoms with Gasteiger partial charge < -0.3 is 11.5 Å². The molecule has 0 aliphatic heterocycles. The maximum absolute atomic E-state index is 12.5. The molecule has 0 atom stereocenters. The van der Waals surface area contributed by atoms with Crippen LogP contribution < -0.4 is 11.5 Å². The molecule has 2 aromatic carbocycles. The quantitative estimate of drug-likeness (QED) is 0.814. The minimum absolute atomic E-state index is 0.589. The monoisotopic (exact) mass is 264 g/mol. The molecule has 0 radical (unpaired) electrons. The molecule has 4 N–H and O–H groups in total. The Kier molecular flexibility index (Phi) is 3.04. The Hall–Kier alpha value is -1.59. The van der Waals surface area contributed by atoms with Crippen LogP contribution in [-0.4, -0.2) is 4.21 Å². The first kappa shape index (κ1) is 11.9. The summed E-state index contributed by atoms with van der Waals surface area (Å²) >= 11 is 5.21. The number of rotatable bonds is 2. The lowest BCUT2D eigenvalue weighted by Crippen LogP contribution is -2.00. The van der Waals surface area contributed by atoms with Gasteiger partial charge in [0.05, 0.1) is 8.49 Å². The molecule has 0 aromatic heterocycles. The molecular formula is C12H12N2OS2. The van der Waals surface area contributed by atoms with Crippen molar-refractivity contribution in [1.82, 2.24) is 0 Å². The van der Waals surface area contributed by atoms with Crippen molar-refractivity contribution < 1.29 is 4.21 Å². The van der Waals surface area contributed by atoms with E-state index in [0.29, 0.717) is 21.2 Å². The molecule has 2 rings (SSSR count). The Morgan fingerprint density at radius 1 is 0.765 bits per heavy atom. The van der Waals surface area contributed by atoms with E-state index < -0.39 is 8.49 Å². The van der Waals surface area contributed by atoms with Gasteiger partial charge in [0.1, 0.15) is 0 Å². The summed E-state index contributed by atoms with van der Waals surface area (Å²) in [7, 11) is -2.65. The maximum Gasteiger partial charge on any atom is 0.0870 e. The fourth-order valence-corrected chi connectivity index (χ4v) is 3.36. The third-order valence-electron chi connectivity index (χ3n) is 2.38. The van der Waals surface area contributed by atoms with Crippen molar-refractivity contribution in [3.63, 3.8) is 0 Å². The van der Waals surface area contributed by atoms with E-state index in [1.807, 2.05) is 0 Å². The first-order valence-corrected chi connectivity index (χ1v) is 7.44. The van der Waals surface area contributed by atoms with Gasteiger partial charge in [0.15, 0.2) is 0 Å². The number of anilines is 2. The minimum atomic E-state index is -2.65. The zero-order chi connectivity index (χ0) is 12.5. The van der Waals surface area contributed by atoms with Gasteiger partial charge in [-0.3, -0.25) is 0 Å². The lowest BCUT2D eigenvalue weighted by molar-refractivity contribution is 0.682. The van der Waals surface area contributed by atoms with Gasteiger partial charge in [-0.2, -0.15) is 0 Å². The van der Waals surface area contributed by atoms with Crippen LogP contribution in [0, 0.1) is 0 Å². The Morgan fingerprint density at radius 3 is 1.35 bits per heavy atom. The summed E-state index contributed by atoms with van der Waals surface area (Å²) in [6, 6.07) is 13.6. The Bertz CT molecular complexity index is 565. The number of nitrogen functional groups attached to an aromatic ring is 2. The first-order chi connectivity index (χ1) is 8.00. The first-order valence-electron chi connectivity index (χ1n) is 4.96. The van der Waals surface area contributed by atoms with Gasteiger partial charge in [0.2, 0.25) is 0 Å². The van der Waals surface area contributed by atoms with Crippen LogP contribution in [0.2, 0.25) is 0 Å². The highest BCUT2D eigenvalue weighted by atomic mass is 32.8. The zero-order valence-corrected chi connectivity index (χ0v) is 10.6. The third-order valence-corrected chi connectivity index (χ3v) is 5.32. The van der Waals surface area contributed by atoms with Crippen molar-refractivity contribution in [3.8, 4) is 0 Å². The molecule has 0 heterocycles. The second-order valence-electron chi connectivity index (χ2n) is 3.64. The number of hydrogen-bond donors (Lipinski definition) is 2. The summed E-state index contributed by atoms with van der Waals surface area (Å²) in [5.41, 5.74) is 12.4. The molecule has 88 valence electrons. The molecule has 3 nitrogen and oxygen atoms in total. The highest BCUT2D eigenvalue weighted by Gasteiger charge is 2.12. The second-order valence-corrected chi connectivity index (χ2v) is 7.00. The van der Waals surface area contributed by atoms with Crippen LogP contribution in [-0.2, 0) is 19.7 Å². The van der Waals surface area contributed by atoms with Crippen molar-refractivity contribution in [2.45, 2.75) is 9.79 Å².